The van der Waals surface area contributed by atoms with Gasteiger partial charge in [-0.3, -0.25) is 4.90 Å². The number of piperidine rings is 1. The van der Waals surface area contributed by atoms with Gasteiger partial charge in [-0.25, -0.2) is 0 Å². The van der Waals surface area contributed by atoms with Crippen molar-refractivity contribution in [2.24, 2.45) is 5.92 Å². The van der Waals surface area contributed by atoms with Crippen LogP contribution in [-0.2, 0) is 0 Å². The molecule has 0 bridgehead atoms. The Balaban J connectivity index is 2.36. The Bertz CT molecular complexity index is 286. The standard InChI is InChI=1S/C19H35N/c1-5-16-20-18(13-10-9-11-14-18)15-12-17(6-2)19(20,7-3)8-4/h17H,5-15H2,1-4H3. The second-order valence-electron chi connectivity index (χ2n) is 7.09. The highest BCUT2D eigenvalue weighted by Gasteiger charge is 2.53. The van der Waals surface area contributed by atoms with Crippen LogP contribution in [0.3, 0.4) is 0 Å². The van der Waals surface area contributed by atoms with E-state index in [1.165, 1.54) is 64.2 Å². The summed E-state index contributed by atoms with van der Waals surface area (Å²) in [6.45, 7) is 13.3. The van der Waals surface area contributed by atoms with Crippen LogP contribution in [0.1, 0.15) is 98.3 Å². The molecule has 2 fully saturated rings. The summed E-state index contributed by atoms with van der Waals surface area (Å²) >= 11 is 0. The number of nitrogens with zero attached hydrogens (tertiary/aromatic N) is 1. The lowest BCUT2D eigenvalue weighted by atomic mass is 9.62. The number of rotatable bonds is 5. The summed E-state index contributed by atoms with van der Waals surface area (Å²) in [5.74, 6) is 0.865. The van der Waals surface area contributed by atoms with Gasteiger partial charge in [-0.1, -0.05) is 53.4 Å². The van der Waals surface area contributed by atoms with E-state index in [4.69, 9.17) is 0 Å². The normalized spacial score (nSPS) is 29.7. The van der Waals surface area contributed by atoms with Gasteiger partial charge in [0.15, 0.2) is 0 Å². The summed E-state index contributed by atoms with van der Waals surface area (Å²) < 4.78 is 0. The van der Waals surface area contributed by atoms with Gasteiger partial charge in [0.25, 0.3) is 0 Å². The van der Waals surface area contributed by atoms with Gasteiger partial charge >= 0.3 is 0 Å². The van der Waals surface area contributed by atoms with Gasteiger partial charge in [0.1, 0.15) is 0 Å². The molecule has 1 atom stereocenters. The molecule has 1 aliphatic heterocycles. The lowest BCUT2D eigenvalue weighted by molar-refractivity contribution is -0.101. The fourth-order valence-corrected chi connectivity index (χ4v) is 5.37. The zero-order chi connectivity index (χ0) is 14.6. The molecule has 1 spiro atoms. The summed E-state index contributed by atoms with van der Waals surface area (Å²) in [6.07, 6.45) is 15.0. The maximum atomic E-state index is 3.84. The lowest BCUT2D eigenvalue weighted by Crippen LogP contribution is -2.65. The molecule has 1 nitrogen and oxygen atoms in total. The van der Waals surface area contributed by atoms with E-state index in [-0.39, 0.29) is 0 Å². The predicted octanol–water partition coefficient (Wildman–Crippen LogP) is 5.82. The molecule has 1 aliphatic carbocycles. The lowest BCUT2D eigenvalue weighted by Gasteiger charge is -2.62. The average molecular weight is 277 g/mol. The van der Waals surface area contributed by atoms with Gasteiger partial charge in [0.05, 0.1) is 6.54 Å². The molecule has 0 aromatic heterocycles. The van der Waals surface area contributed by atoms with Crippen molar-refractivity contribution in [3.05, 3.63) is 6.54 Å². The topological polar surface area (TPSA) is 3.24 Å². The minimum atomic E-state index is 0.389. The largest absolute Gasteiger partial charge is 0.282 e. The molecule has 1 heterocycles. The molecule has 116 valence electrons. The molecule has 0 N–H and O–H groups in total. The van der Waals surface area contributed by atoms with Crippen molar-refractivity contribution in [3.8, 4) is 0 Å². The molecule has 1 saturated heterocycles. The van der Waals surface area contributed by atoms with Gasteiger partial charge in [0, 0.05) is 11.1 Å². The first kappa shape index (κ1) is 16.3. The zero-order valence-electron chi connectivity index (χ0n) is 14.3. The Morgan fingerprint density at radius 1 is 0.950 bits per heavy atom. The predicted molar refractivity (Wildman–Crippen MR) is 87.5 cm³/mol. The van der Waals surface area contributed by atoms with Crippen molar-refractivity contribution in [1.29, 1.82) is 0 Å². The molecule has 1 saturated carbocycles. The van der Waals surface area contributed by atoms with Crippen molar-refractivity contribution < 1.29 is 0 Å². The van der Waals surface area contributed by atoms with E-state index in [9.17, 15) is 0 Å². The zero-order valence-corrected chi connectivity index (χ0v) is 14.3. The van der Waals surface area contributed by atoms with Crippen LogP contribution in [0.5, 0.6) is 0 Å². The average Bonchev–Trinajstić information content (AvgIpc) is 2.50. The van der Waals surface area contributed by atoms with Gasteiger partial charge in [-0.2, -0.15) is 0 Å². The fraction of sp³-hybridized carbons (Fsp3) is 0.947. The van der Waals surface area contributed by atoms with Gasteiger partial charge in [-0.15, -0.1) is 0 Å². The summed E-state index contributed by atoms with van der Waals surface area (Å²) in [7, 11) is 0. The SMILES string of the molecule is CC[C]N1C2(CCCCC2)CCC(CC)C1(CC)CC. The van der Waals surface area contributed by atoms with Gasteiger partial charge < -0.3 is 0 Å². The van der Waals surface area contributed by atoms with Crippen LogP contribution in [0, 0.1) is 12.5 Å². The number of hydrogen-bond acceptors (Lipinski definition) is 1. The van der Waals surface area contributed by atoms with Crippen LogP contribution < -0.4 is 0 Å². The molecule has 1 unspecified atom stereocenters. The Morgan fingerprint density at radius 2 is 1.60 bits per heavy atom. The summed E-state index contributed by atoms with van der Waals surface area (Å²) in [5, 5.41) is 0. The number of hydrogen-bond donors (Lipinski definition) is 0. The molecular formula is C19H35N. The van der Waals surface area contributed by atoms with E-state index >= 15 is 0 Å². The van der Waals surface area contributed by atoms with Crippen molar-refractivity contribution in [3.63, 3.8) is 0 Å². The first-order valence-corrected chi connectivity index (χ1v) is 9.23. The molecule has 0 aromatic carbocycles. The quantitative estimate of drug-likeness (QED) is 0.612. The van der Waals surface area contributed by atoms with Crippen molar-refractivity contribution >= 4 is 0 Å². The van der Waals surface area contributed by atoms with E-state index in [1.807, 2.05) is 0 Å². The Labute approximate surface area is 127 Å². The summed E-state index contributed by atoms with van der Waals surface area (Å²) in [6, 6.07) is 0. The first-order valence-electron chi connectivity index (χ1n) is 9.23. The maximum Gasteiger partial charge on any atom is 0.0623 e. The number of likely N-dealkylation sites (tertiary alicyclic amines) is 1. The molecular weight excluding hydrogens is 242 g/mol. The van der Waals surface area contributed by atoms with Crippen molar-refractivity contribution in [2.75, 3.05) is 0 Å². The summed E-state index contributed by atoms with van der Waals surface area (Å²) in [5.41, 5.74) is 0.853. The third-order valence-corrected chi connectivity index (χ3v) is 6.46. The molecule has 2 aliphatic rings. The van der Waals surface area contributed by atoms with Crippen LogP contribution in [0.25, 0.3) is 0 Å². The monoisotopic (exact) mass is 277 g/mol. The summed E-state index contributed by atoms with van der Waals surface area (Å²) in [4.78, 5) is 2.80. The first-order chi connectivity index (χ1) is 9.69. The van der Waals surface area contributed by atoms with Crippen molar-refractivity contribution in [1.82, 2.24) is 4.90 Å². The Morgan fingerprint density at radius 3 is 2.10 bits per heavy atom. The van der Waals surface area contributed by atoms with Crippen LogP contribution in [0.4, 0.5) is 0 Å². The van der Waals surface area contributed by atoms with E-state index in [0.717, 1.165) is 12.3 Å². The molecule has 2 radical (unpaired) electrons. The van der Waals surface area contributed by atoms with Crippen LogP contribution in [0.15, 0.2) is 0 Å². The van der Waals surface area contributed by atoms with Crippen LogP contribution >= 0.6 is 0 Å². The minimum absolute atomic E-state index is 0.389. The second-order valence-corrected chi connectivity index (χ2v) is 7.09. The Hall–Kier alpha value is -0.0400. The highest BCUT2D eigenvalue weighted by Crippen LogP contribution is 2.53. The smallest absolute Gasteiger partial charge is 0.0623 e. The van der Waals surface area contributed by atoms with E-state index in [0.29, 0.717) is 11.1 Å². The Kier molecular flexibility index (Phi) is 5.56. The molecule has 0 aromatic rings. The van der Waals surface area contributed by atoms with E-state index in [1.54, 1.807) is 0 Å². The van der Waals surface area contributed by atoms with Gasteiger partial charge in [-0.05, 0) is 50.9 Å². The fourth-order valence-electron chi connectivity index (χ4n) is 5.37. The minimum Gasteiger partial charge on any atom is -0.282 e. The van der Waals surface area contributed by atoms with Crippen LogP contribution in [-0.4, -0.2) is 16.0 Å². The second kappa shape index (κ2) is 6.81. The maximum absolute atomic E-state index is 3.84. The van der Waals surface area contributed by atoms with Crippen LogP contribution in [0.2, 0.25) is 0 Å². The molecule has 2 rings (SSSR count). The van der Waals surface area contributed by atoms with E-state index in [2.05, 4.69) is 39.1 Å². The third-order valence-electron chi connectivity index (χ3n) is 6.46. The van der Waals surface area contributed by atoms with Crippen molar-refractivity contribution in [2.45, 2.75) is 109 Å². The third kappa shape index (κ3) is 2.56. The van der Waals surface area contributed by atoms with E-state index < -0.39 is 0 Å². The van der Waals surface area contributed by atoms with Gasteiger partial charge in [0.2, 0.25) is 0 Å². The molecule has 0 amide bonds. The highest BCUT2D eigenvalue weighted by molar-refractivity contribution is 5.10. The molecule has 1 heteroatoms. The molecule has 20 heavy (non-hydrogen) atoms. The highest BCUT2D eigenvalue weighted by atomic mass is 15.3.